The molecule has 0 bridgehead atoms. The molecule has 2 saturated heterocycles. The summed E-state index contributed by atoms with van der Waals surface area (Å²) in [6.45, 7) is 7.64. The maximum atomic E-state index is 14.9. The van der Waals surface area contributed by atoms with Gasteiger partial charge < -0.3 is 5.11 Å². The number of rotatable bonds is 5. The number of halogens is 1. The van der Waals surface area contributed by atoms with Gasteiger partial charge >= 0.3 is 0 Å². The predicted molar refractivity (Wildman–Crippen MR) is 184 cm³/mol. The van der Waals surface area contributed by atoms with Gasteiger partial charge in [-0.2, -0.15) is 5.10 Å². The summed E-state index contributed by atoms with van der Waals surface area (Å²) in [5, 5.41) is 20.6. The molecule has 2 aromatic heterocycles. The summed E-state index contributed by atoms with van der Waals surface area (Å²) in [7, 11) is 1.71. The van der Waals surface area contributed by atoms with Gasteiger partial charge in [0.05, 0.1) is 28.0 Å². The largest absolute Gasteiger partial charge is 0.507 e. The molecular formula is C37H33ClN4O5S. The molecular weight excluding hydrogens is 648 g/mol. The molecule has 9 nitrogen and oxygen atoms in total. The third-order valence-corrected chi connectivity index (χ3v) is 12.7. The standard InChI is InChI=1S/C37H33ClN4O5S/c1-5-7-18-8-6-9-22(31(18)43)30-20-11-12-21-29(34(45)39-33(21)44)24(20)15-25-35(46)42(36(47)37(25,30)3)28-16-26(40-41(28)4)32-17(2)23-14-19(38)10-13-27(23)48-32/h5-6,8-11,13-14,16,21,24-25,29-30,43H,1,7,12,15H2,2-4H3,(H,39,44,45). The Morgan fingerprint density at radius 3 is 2.71 bits per heavy atom. The fourth-order valence-electron chi connectivity index (χ4n) is 8.87. The number of imide groups is 2. The Morgan fingerprint density at radius 2 is 1.94 bits per heavy atom. The Morgan fingerprint density at radius 1 is 1.15 bits per heavy atom. The Labute approximate surface area is 285 Å². The van der Waals surface area contributed by atoms with Gasteiger partial charge in [-0.25, -0.2) is 4.90 Å². The maximum Gasteiger partial charge on any atom is 0.242 e. The molecule has 4 aromatic rings. The molecule has 8 rings (SSSR count). The summed E-state index contributed by atoms with van der Waals surface area (Å²) in [6, 6.07) is 13.0. The second-order valence-corrected chi connectivity index (χ2v) is 15.1. The van der Waals surface area contributed by atoms with E-state index in [1.165, 1.54) is 4.90 Å². The zero-order valence-electron chi connectivity index (χ0n) is 26.6. The van der Waals surface area contributed by atoms with Crippen molar-refractivity contribution in [3.05, 3.63) is 88.5 Å². The van der Waals surface area contributed by atoms with Crippen molar-refractivity contribution in [1.82, 2.24) is 15.1 Å². The van der Waals surface area contributed by atoms with Gasteiger partial charge in [0.25, 0.3) is 0 Å². The highest BCUT2D eigenvalue weighted by Gasteiger charge is 2.67. The summed E-state index contributed by atoms with van der Waals surface area (Å²) in [4.78, 5) is 57.7. The van der Waals surface area contributed by atoms with E-state index in [0.717, 1.165) is 26.1 Å². The van der Waals surface area contributed by atoms with Crippen molar-refractivity contribution in [1.29, 1.82) is 0 Å². The van der Waals surface area contributed by atoms with Crippen molar-refractivity contribution in [2.45, 2.75) is 39.0 Å². The first-order chi connectivity index (χ1) is 22.9. The molecule has 244 valence electrons. The number of para-hydroxylation sites is 1. The van der Waals surface area contributed by atoms with Gasteiger partial charge in [0.2, 0.25) is 23.6 Å². The Balaban J connectivity index is 1.27. The number of nitrogens with zero attached hydrogens (tertiary/aromatic N) is 3. The molecule has 4 aliphatic rings. The number of carbonyl (C=O) groups is 4. The number of carbonyl (C=O) groups excluding carboxylic acids is 4. The number of nitrogens with one attached hydrogen (secondary N) is 1. The van der Waals surface area contributed by atoms with Crippen molar-refractivity contribution in [2.24, 2.45) is 36.1 Å². The molecule has 4 heterocycles. The number of anilines is 1. The lowest BCUT2D eigenvalue weighted by molar-refractivity contribution is -0.131. The maximum absolute atomic E-state index is 14.9. The zero-order chi connectivity index (χ0) is 33.8. The summed E-state index contributed by atoms with van der Waals surface area (Å²) >= 11 is 7.86. The highest BCUT2D eigenvalue weighted by molar-refractivity contribution is 7.22. The van der Waals surface area contributed by atoms with Crippen molar-refractivity contribution >= 4 is 62.5 Å². The van der Waals surface area contributed by atoms with Crippen LogP contribution in [0, 0.1) is 36.0 Å². The summed E-state index contributed by atoms with van der Waals surface area (Å²) in [5.41, 5.74) is 2.34. The number of aryl methyl sites for hydroxylation is 2. The molecule has 0 spiro atoms. The van der Waals surface area contributed by atoms with Gasteiger partial charge in [0.15, 0.2) is 0 Å². The van der Waals surface area contributed by atoms with E-state index in [2.05, 4.69) is 11.9 Å². The average Bonchev–Trinajstić information content (AvgIpc) is 3.73. The topological polar surface area (TPSA) is 122 Å². The molecule has 1 saturated carbocycles. The zero-order valence-corrected chi connectivity index (χ0v) is 28.2. The SMILES string of the molecule is C=CCc1cccc(C2C3=CCC4C(=O)NC(=O)C4C3CC3C(=O)N(c4cc(-c5sc6ccc(Cl)cc6c5C)nn4C)C(=O)C32C)c1O. The highest BCUT2D eigenvalue weighted by atomic mass is 35.5. The molecule has 2 aliphatic heterocycles. The third-order valence-electron chi connectivity index (χ3n) is 11.2. The van der Waals surface area contributed by atoms with Gasteiger partial charge in [-0.05, 0) is 73.7 Å². The smallest absolute Gasteiger partial charge is 0.242 e. The van der Waals surface area contributed by atoms with Crippen LogP contribution in [0.25, 0.3) is 20.7 Å². The lowest BCUT2D eigenvalue weighted by atomic mass is 9.51. The van der Waals surface area contributed by atoms with Crippen LogP contribution in [0.1, 0.15) is 42.4 Å². The minimum atomic E-state index is -1.29. The molecule has 3 fully saturated rings. The van der Waals surface area contributed by atoms with Gasteiger partial charge in [-0.15, -0.1) is 17.9 Å². The number of hydrogen-bond acceptors (Lipinski definition) is 7. The van der Waals surface area contributed by atoms with E-state index in [4.69, 9.17) is 16.7 Å². The van der Waals surface area contributed by atoms with Crippen molar-refractivity contribution in [3.8, 4) is 16.3 Å². The van der Waals surface area contributed by atoms with Crippen molar-refractivity contribution in [2.75, 3.05) is 4.90 Å². The highest BCUT2D eigenvalue weighted by Crippen LogP contribution is 2.64. The van der Waals surface area contributed by atoms with Gasteiger partial charge in [0.1, 0.15) is 17.3 Å². The minimum Gasteiger partial charge on any atom is -0.507 e. The first kappa shape index (κ1) is 30.8. The number of thiophene rings is 1. The van der Waals surface area contributed by atoms with Gasteiger partial charge in [0, 0.05) is 34.3 Å². The number of phenolic OH excluding ortho intramolecular Hbond substituents is 1. The van der Waals surface area contributed by atoms with Crippen molar-refractivity contribution in [3.63, 3.8) is 0 Å². The molecule has 4 amide bonds. The third kappa shape index (κ3) is 4.11. The number of phenols is 1. The van der Waals surface area contributed by atoms with Gasteiger partial charge in [-0.3, -0.25) is 29.2 Å². The quantitative estimate of drug-likeness (QED) is 0.191. The molecule has 11 heteroatoms. The monoisotopic (exact) mass is 680 g/mol. The van der Waals surface area contributed by atoms with E-state index in [1.807, 2.05) is 50.3 Å². The van der Waals surface area contributed by atoms with Gasteiger partial charge in [-0.1, -0.05) is 47.5 Å². The second-order valence-electron chi connectivity index (χ2n) is 13.6. The van der Waals surface area contributed by atoms with Crippen LogP contribution in [0.5, 0.6) is 5.75 Å². The number of fused-ring (bicyclic) bond motifs is 5. The molecule has 2 N–H and O–H groups in total. The van der Waals surface area contributed by atoms with Crippen molar-refractivity contribution < 1.29 is 24.3 Å². The van der Waals surface area contributed by atoms with Crippen LogP contribution >= 0.6 is 22.9 Å². The first-order valence-corrected chi connectivity index (χ1v) is 17.2. The Bertz CT molecular complexity index is 2170. The normalized spacial score (nSPS) is 28.0. The minimum absolute atomic E-state index is 0.0415. The van der Waals surface area contributed by atoms with Crippen LogP contribution in [-0.2, 0) is 32.6 Å². The number of benzene rings is 2. The summed E-state index contributed by atoms with van der Waals surface area (Å²) < 4.78 is 2.61. The van der Waals surface area contributed by atoms with Crippen LogP contribution in [0.4, 0.5) is 5.82 Å². The number of amides is 4. The van der Waals surface area contributed by atoms with Crippen LogP contribution in [0.15, 0.2) is 66.8 Å². The lowest BCUT2D eigenvalue weighted by Gasteiger charge is -2.49. The molecule has 48 heavy (non-hydrogen) atoms. The van der Waals surface area contributed by atoms with Crippen LogP contribution in [0.3, 0.4) is 0 Å². The fraction of sp³-hybridized carbons (Fsp3) is 0.324. The van der Waals surface area contributed by atoms with E-state index >= 15 is 0 Å². The fourth-order valence-corrected chi connectivity index (χ4v) is 10.2. The first-order valence-electron chi connectivity index (χ1n) is 16.0. The van der Waals surface area contributed by atoms with E-state index < -0.39 is 35.0 Å². The molecule has 0 radical (unpaired) electrons. The Hall–Kier alpha value is -4.54. The molecule has 2 aromatic carbocycles. The number of aromatic hydroxyl groups is 1. The van der Waals surface area contributed by atoms with Crippen LogP contribution in [-0.4, -0.2) is 38.5 Å². The number of aromatic nitrogens is 2. The number of allylic oxidation sites excluding steroid dienone is 3. The van der Waals surface area contributed by atoms with Crippen LogP contribution in [0.2, 0.25) is 5.02 Å². The average molecular weight is 681 g/mol. The second kappa shape index (κ2) is 10.7. The summed E-state index contributed by atoms with van der Waals surface area (Å²) in [5.74, 6) is -4.19. The van der Waals surface area contributed by atoms with E-state index in [9.17, 15) is 24.3 Å². The molecule has 2 aliphatic carbocycles. The van der Waals surface area contributed by atoms with E-state index in [-0.39, 0.29) is 35.8 Å². The molecule has 6 unspecified atom stereocenters. The number of hydrogen-bond donors (Lipinski definition) is 2. The predicted octanol–water partition coefficient (Wildman–Crippen LogP) is 6.22. The van der Waals surface area contributed by atoms with E-state index in [1.54, 1.807) is 41.3 Å². The lowest BCUT2D eigenvalue weighted by Crippen LogP contribution is -2.48. The molecule has 6 atom stereocenters. The Kier molecular flexibility index (Phi) is 6.88. The van der Waals surface area contributed by atoms with E-state index in [0.29, 0.717) is 40.5 Å². The summed E-state index contributed by atoms with van der Waals surface area (Å²) in [6.07, 6.45) is 4.65. The van der Waals surface area contributed by atoms with Crippen LogP contribution < -0.4 is 10.2 Å².